The fourth-order valence-electron chi connectivity index (χ4n) is 1.56. The van der Waals surface area contributed by atoms with Gasteiger partial charge in [-0.25, -0.2) is 0 Å². The number of Topliss-reactive ketones (excluding diaryl/α,β-unsaturated/α-hetero) is 1. The Morgan fingerprint density at radius 3 is 2.20 bits per heavy atom. The zero-order valence-electron chi connectivity index (χ0n) is 10.4. The van der Waals surface area contributed by atoms with E-state index in [4.69, 9.17) is 0 Å². The van der Waals surface area contributed by atoms with Crippen molar-refractivity contribution in [3.05, 3.63) is 12.2 Å². The Hall–Kier alpha value is -0.590. The molecule has 0 atom stereocenters. The van der Waals surface area contributed by atoms with Gasteiger partial charge >= 0.3 is 0 Å². The van der Waals surface area contributed by atoms with Crippen molar-refractivity contribution in [2.24, 2.45) is 0 Å². The fraction of sp³-hybridized carbons (Fsp3) is 0.786. The van der Waals surface area contributed by atoms with Crippen molar-refractivity contribution in [2.45, 2.75) is 71.6 Å². The predicted octanol–water partition coefficient (Wildman–Crippen LogP) is 4.66. The standard InChI is InChI=1S/C14H26O/c1-3-4-5-6-7-8-9-10-11-12-13-14(2)15/h10-11H,3-9,12-13H2,1-2H3. The van der Waals surface area contributed by atoms with E-state index < -0.39 is 0 Å². The van der Waals surface area contributed by atoms with Gasteiger partial charge in [-0.3, -0.25) is 0 Å². The van der Waals surface area contributed by atoms with Gasteiger partial charge in [-0.05, 0) is 26.2 Å². The molecule has 0 unspecified atom stereocenters. The molecule has 0 aliphatic carbocycles. The molecule has 0 rings (SSSR count). The summed E-state index contributed by atoms with van der Waals surface area (Å²) in [6.07, 6.45) is 15.3. The quantitative estimate of drug-likeness (QED) is 0.378. The van der Waals surface area contributed by atoms with Crippen LogP contribution in [0.5, 0.6) is 0 Å². The van der Waals surface area contributed by atoms with Crippen molar-refractivity contribution >= 4 is 5.78 Å². The molecule has 0 bridgehead atoms. The van der Waals surface area contributed by atoms with Crippen LogP contribution in [0.15, 0.2) is 12.2 Å². The largest absolute Gasteiger partial charge is 0.300 e. The summed E-state index contributed by atoms with van der Waals surface area (Å²) in [5, 5.41) is 0. The number of allylic oxidation sites excluding steroid dienone is 2. The van der Waals surface area contributed by atoms with Crippen molar-refractivity contribution in [3.63, 3.8) is 0 Å². The maximum atomic E-state index is 10.6. The van der Waals surface area contributed by atoms with Crippen LogP contribution in [0.1, 0.15) is 71.6 Å². The van der Waals surface area contributed by atoms with E-state index in [1.54, 1.807) is 6.92 Å². The first-order chi connectivity index (χ1) is 7.27. The fourth-order valence-corrected chi connectivity index (χ4v) is 1.56. The maximum Gasteiger partial charge on any atom is 0.130 e. The van der Waals surface area contributed by atoms with Gasteiger partial charge < -0.3 is 4.79 Å². The minimum atomic E-state index is 0.291. The number of rotatable bonds is 10. The summed E-state index contributed by atoms with van der Waals surface area (Å²) in [7, 11) is 0. The molecular formula is C14H26O. The van der Waals surface area contributed by atoms with E-state index >= 15 is 0 Å². The third-order valence-corrected chi connectivity index (χ3v) is 2.55. The van der Waals surface area contributed by atoms with Gasteiger partial charge in [0.2, 0.25) is 0 Å². The van der Waals surface area contributed by atoms with Gasteiger partial charge in [-0.15, -0.1) is 0 Å². The van der Waals surface area contributed by atoms with E-state index in [9.17, 15) is 4.79 Å². The van der Waals surface area contributed by atoms with Crippen LogP contribution in [0.2, 0.25) is 0 Å². The smallest absolute Gasteiger partial charge is 0.130 e. The molecule has 0 N–H and O–H groups in total. The number of carbonyl (C=O) groups is 1. The number of hydrogen-bond acceptors (Lipinski definition) is 1. The minimum Gasteiger partial charge on any atom is -0.300 e. The van der Waals surface area contributed by atoms with E-state index in [1.165, 1.54) is 44.9 Å². The highest BCUT2D eigenvalue weighted by Crippen LogP contribution is 2.07. The molecule has 0 saturated heterocycles. The Kier molecular flexibility index (Phi) is 11.0. The molecule has 0 heterocycles. The molecule has 88 valence electrons. The molecule has 0 aromatic carbocycles. The first kappa shape index (κ1) is 14.4. The zero-order chi connectivity index (χ0) is 11.4. The second-order valence-corrected chi connectivity index (χ2v) is 4.27. The monoisotopic (exact) mass is 210 g/mol. The van der Waals surface area contributed by atoms with Crippen LogP contribution in [-0.2, 0) is 4.79 Å². The van der Waals surface area contributed by atoms with Crippen LogP contribution in [0, 0.1) is 0 Å². The number of carbonyl (C=O) groups excluding carboxylic acids is 1. The van der Waals surface area contributed by atoms with E-state index in [-0.39, 0.29) is 0 Å². The van der Waals surface area contributed by atoms with E-state index in [0.29, 0.717) is 12.2 Å². The van der Waals surface area contributed by atoms with Gasteiger partial charge in [0.15, 0.2) is 0 Å². The number of ketones is 1. The molecule has 0 aliphatic rings. The predicted molar refractivity (Wildman–Crippen MR) is 67.0 cm³/mol. The summed E-state index contributed by atoms with van der Waals surface area (Å²) in [5.41, 5.74) is 0. The average Bonchev–Trinajstić information content (AvgIpc) is 2.20. The minimum absolute atomic E-state index is 0.291. The Labute approximate surface area is 95.0 Å². The van der Waals surface area contributed by atoms with Crippen molar-refractivity contribution < 1.29 is 4.79 Å². The molecular weight excluding hydrogens is 184 g/mol. The van der Waals surface area contributed by atoms with Crippen molar-refractivity contribution in [2.75, 3.05) is 0 Å². The molecule has 0 aromatic rings. The molecule has 0 radical (unpaired) electrons. The highest BCUT2D eigenvalue weighted by Gasteiger charge is 1.89. The van der Waals surface area contributed by atoms with Crippen LogP contribution >= 0.6 is 0 Å². The van der Waals surface area contributed by atoms with Crippen LogP contribution < -0.4 is 0 Å². The first-order valence-corrected chi connectivity index (χ1v) is 6.41. The van der Waals surface area contributed by atoms with E-state index in [0.717, 1.165) is 6.42 Å². The lowest BCUT2D eigenvalue weighted by Gasteiger charge is -1.97. The van der Waals surface area contributed by atoms with Crippen LogP contribution in [0.3, 0.4) is 0 Å². The Morgan fingerprint density at radius 1 is 0.933 bits per heavy atom. The summed E-state index contributed by atoms with van der Waals surface area (Å²) < 4.78 is 0. The highest BCUT2D eigenvalue weighted by atomic mass is 16.1. The Bertz CT molecular complexity index is 170. The van der Waals surface area contributed by atoms with Crippen molar-refractivity contribution in [1.82, 2.24) is 0 Å². The van der Waals surface area contributed by atoms with Crippen LogP contribution in [-0.4, -0.2) is 5.78 Å². The number of hydrogen-bond donors (Lipinski definition) is 0. The van der Waals surface area contributed by atoms with Gasteiger partial charge in [0.25, 0.3) is 0 Å². The lowest BCUT2D eigenvalue weighted by atomic mass is 10.1. The summed E-state index contributed by atoms with van der Waals surface area (Å²) in [5.74, 6) is 0.291. The molecule has 1 nitrogen and oxygen atoms in total. The van der Waals surface area contributed by atoms with Crippen LogP contribution in [0.25, 0.3) is 0 Å². The lowest BCUT2D eigenvalue weighted by molar-refractivity contribution is -0.116. The molecule has 0 fully saturated rings. The lowest BCUT2D eigenvalue weighted by Crippen LogP contribution is -1.86. The molecule has 0 aliphatic heterocycles. The molecule has 0 saturated carbocycles. The van der Waals surface area contributed by atoms with Crippen molar-refractivity contribution in [1.29, 1.82) is 0 Å². The summed E-state index contributed by atoms with van der Waals surface area (Å²) in [6.45, 7) is 3.90. The van der Waals surface area contributed by atoms with Crippen LogP contribution in [0.4, 0.5) is 0 Å². The van der Waals surface area contributed by atoms with E-state index in [1.807, 2.05) is 0 Å². The third-order valence-electron chi connectivity index (χ3n) is 2.55. The van der Waals surface area contributed by atoms with Gasteiger partial charge in [0.05, 0.1) is 0 Å². The van der Waals surface area contributed by atoms with E-state index in [2.05, 4.69) is 19.1 Å². The SMILES string of the molecule is CCCCCCCCC=CCCC(C)=O. The van der Waals surface area contributed by atoms with Gasteiger partial charge in [-0.2, -0.15) is 0 Å². The second-order valence-electron chi connectivity index (χ2n) is 4.27. The van der Waals surface area contributed by atoms with Gasteiger partial charge in [0.1, 0.15) is 5.78 Å². The zero-order valence-corrected chi connectivity index (χ0v) is 10.4. The molecule has 0 amide bonds. The van der Waals surface area contributed by atoms with Gasteiger partial charge in [0, 0.05) is 6.42 Å². The summed E-state index contributed by atoms with van der Waals surface area (Å²) in [6, 6.07) is 0. The summed E-state index contributed by atoms with van der Waals surface area (Å²) in [4.78, 5) is 10.6. The molecule has 0 spiro atoms. The molecule has 15 heavy (non-hydrogen) atoms. The maximum absolute atomic E-state index is 10.6. The Morgan fingerprint density at radius 2 is 1.53 bits per heavy atom. The average molecular weight is 210 g/mol. The summed E-state index contributed by atoms with van der Waals surface area (Å²) >= 11 is 0. The highest BCUT2D eigenvalue weighted by molar-refractivity contribution is 5.75. The number of unbranched alkanes of at least 4 members (excludes halogenated alkanes) is 6. The topological polar surface area (TPSA) is 17.1 Å². The third kappa shape index (κ3) is 13.4. The first-order valence-electron chi connectivity index (χ1n) is 6.41. The molecule has 1 heteroatoms. The van der Waals surface area contributed by atoms with Crippen molar-refractivity contribution in [3.8, 4) is 0 Å². The Balaban J connectivity index is 3.06. The second kappa shape index (κ2) is 11.5. The normalized spacial score (nSPS) is 11.1. The molecule has 0 aromatic heterocycles. The van der Waals surface area contributed by atoms with Gasteiger partial charge in [-0.1, -0.05) is 51.2 Å².